The predicted molar refractivity (Wildman–Crippen MR) is 49.7 cm³/mol. The second-order valence-corrected chi connectivity index (χ2v) is 4.50. The molecule has 1 aliphatic heterocycles. The molecule has 1 heterocycles. The van der Waals surface area contributed by atoms with Gasteiger partial charge in [-0.3, -0.25) is 9.59 Å². The molecule has 0 unspecified atom stereocenters. The second kappa shape index (κ2) is 3.89. The van der Waals surface area contributed by atoms with Gasteiger partial charge in [0.05, 0.1) is 13.0 Å². The van der Waals surface area contributed by atoms with Crippen molar-refractivity contribution in [3.63, 3.8) is 0 Å². The van der Waals surface area contributed by atoms with Crippen molar-refractivity contribution in [2.24, 2.45) is 17.8 Å². The number of carbonyl (C=O) groups excluding carboxylic acids is 2. The molecule has 2 fully saturated rings. The molecule has 0 aromatic carbocycles. The van der Waals surface area contributed by atoms with Crippen molar-refractivity contribution in [3.05, 3.63) is 0 Å². The molecular formula is C10H12F3NO3. The average molecular weight is 251 g/mol. The molecule has 7 heteroatoms. The fourth-order valence-corrected chi connectivity index (χ4v) is 2.67. The zero-order valence-electron chi connectivity index (χ0n) is 9.16. The molecule has 0 radical (unpaired) electrons. The Kier molecular flexibility index (Phi) is 2.79. The summed E-state index contributed by atoms with van der Waals surface area (Å²) in [6.07, 6.45) is -4.32. The van der Waals surface area contributed by atoms with E-state index in [2.05, 4.69) is 4.74 Å². The number of esters is 1. The van der Waals surface area contributed by atoms with Crippen molar-refractivity contribution in [3.8, 4) is 0 Å². The SMILES string of the molecule is COC(=O)[C@@H]1C[C@H]2CN(C(=O)C(F)(F)F)C[C@H]21. The van der Waals surface area contributed by atoms with Gasteiger partial charge < -0.3 is 9.64 Å². The van der Waals surface area contributed by atoms with Crippen LogP contribution in [0.5, 0.6) is 0 Å². The third kappa shape index (κ3) is 1.98. The highest BCUT2D eigenvalue weighted by molar-refractivity contribution is 5.82. The fourth-order valence-electron chi connectivity index (χ4n) is 2.67. The van der Waals surface area contributed by atoms with E-state index < -0.39 is 18.1 Å². The van der Waals surface area contributed by atoms with Gasteiger partial charge in [0, 0.05) is 13.1 Å². The highest BCUT2D eigenvalue weighted by atomic mass is 19.4. The molecule has 3 atom stereocenters. The number of hydrogen-bond acceptors (Lipinski definition) is 3. The van der Waals surface area contributed by atoms with Gasteiger partial charge in [0.2, 0.25) is 0 Å². The van der Waals surface area contributed by atoms with E-state index in [1.165, 1.54) is 7.11 Å². The van der Waals surface area contributed by atoms with Crippen LogP contribution < -0.4 is 0 Å². The highest BCUT2D eigenvalue weighted by Gasteiger charge is 2.55. The topological polar surface area (TPSA) is 46.6 Å². The fraction of sp³-hybridized carbons (Fsp3) is 0.800. The quantitative estimate of drug-likeness (QED) is 0.648. The number of hydrogen-bond donors (Lipinski definition) is 0. The summed E-state index contributed by atoms with van der Waals surface area (Å²) in [5, 5.41) is 0. The maximum Gasteiger partial charge on any atom is 0.471 e. The Balaban J connectivity index is 1.98. The normalized spacial score (nSPS) is 31.8. The molecule has 1 saturated heterocycles. The summed E-state index contributed by atoms with van der Waals surface area (Å²) in [5.41, 5.74) is 0. The first-order valence-electron chi connectivity index (χ1n) is 5.28. The van der Waals surface area contributed by atoms with Crippen LogP contribution >= 0.6 is 0 Å². The highest BCUT2D eigenvalue weighted by Crippen LogP contribution is 2.46. The minimum atomic E-state index is -4.83. The smallest absolute Gasteiger partial charge is 0.469 e. The Bertz CT molecular complexity index is 355. The van der Waals surface area contributed by atoms with E-state index >= 15 is 0 Å². The first kappa shape index (κ1) is 12.2. The summed E-state index contributed by atoms with van der Waals surface area (Å²) in [6.45, 7) is 0.0965. The molecule has 96 valence electrons. The molecule has 0 aromatic rings. The number of nitrogens with zero attached hydrogens (tertiary/aromatic N) is 1. The summed E-state index contributed by atoms with van der Waals surface area (Å²) in [4.78, 5) is 23.1. The molecule has 17 heavy (non-hydrogen) atoms. The number of alkyl halides is 3. The monoisotopic (exact) mass is 251 g/mol. The molecule has 0 spiro atoms. The number of likely N-dealkylation sites (tertiary alicyclic amines) is 1. The van der Waals surface area contributed by atoms with E-state index in [0.29, 0.717) is 6.42 Å². The summed E-state index contributed by atoms with van der Waals surface area (Å²) >= 11 is 0. The Morgan fingerprint density at radius 3 is 2.47 bits per heavy atom. The van der Waals surface area contributed by atoms with E-state index in [1.54, 1.807) is 0 Å². The van der Waals surface area contributed by atoms with E-state index in [-0.39, 0.29) is 30.8 Å². The summed E-state index contributed by atoms with van der Waals surface area (Å²) in [5.74, 6) is -2.72. The summed E-state index contributed by atoms with van der Waals surface area (Å²) < 4.78 is 41.2. The molecule has 1 saturated carbocycles. The van der Waals surface area contributed by atoms with Gasteiger partial charge in [-0.15, -0.1) is 0 Å². The van der Waals surface area contributed by atoms with Crippen LogP contribution in [0.1, 0.15) is 6.42 Å². The third-order valence-corrected chi connectivity index (χ3v) is 3.60. The maximum atomic E-state index is 12.2. The Hall–Kier alpha value is -1.27. The molecule has 1 aliphatic carbocycles. The molecule has 2 aliphatic rings. The largest absolute Gasteiger partial charge is 0.471 e. The van der Waals surface area contributed by atoms with Crippen LogP contribution in [0, 0.1) is 17.8 Å². The zero-order chi connectivity index (χ0) is 12.8. The summed E-state index contributed by atoms with van der Waals surface area (Å²) in [6, 6.07) is 0. The number of methoxy groups -OCH3 is 1. The van der Waals surface area contributed by atoms with Crippen molar-refractivity contribution in [2.45, 2.75) is 12.6 Å². The maximum absolute atomic E-state index is 12.2. The summed E-state index contributed by atoms with van der Waals surface area (Å²) in [7, 11) is 1.25. The predicted octanol–water partition coefficient (Wildman–Crippen LogP) is 0.816. The van der Waals surface area contributed by atoms with E-state index in [9.17, 15) is 22.8 Å². The first-order chi connectivity index (χ1) is 7.84. The lowest BCUT2D eigenvalue weighted by atomic mass is 9.67. The van der Waals surface area contributed by atoms with Crippen LogP contribution in [0.4, 0.5) is 13.2 Å². The van der Waals surface area contributed by atoms with E-state index in [4.69, 9.17) is 0 Å². The number of fused-ring (bicyclic) bond motifs is 1. The lowest BCUT2D eigenvalue weighted by molar-refractivity contribution is -0.184. The lowest BCUT2D eigenvalue weighted by Gasteiger charge is -2.36. The van der Waals surface area contributed by atoms with Crippen LogP contribution in [-0.4, -0.2) is 43.2 Å². The van der Waals surface area contributed by atoms with Gasteiger partial charge >= 0.3 is 18.1 Å². The van der Waals surface area contributed by atoms with Crippen LogP contribution in [0.2, 0.25) is 0 Å². The van der Waals surface area contributed by atoms with Gasteiger partial charge in [-0.05, 0) is 18.3 Å². The van der Waals surface area contributed by atoms with Crippen LogP contribution in [0.25, 0.3) is 0 Å². The van der Waals surface area contributed by atoms with Gasteiger partial charge in [-0.25, -0.2) is 0 Å². The Labute approximate surface area is 95.7 Å². The molecule has 2 rings (SSSR count). The number of halogens is 3. The molecule has 1 amide bonds. The number of ether oxygens (including phenoxy) is 1. The molecule has 0 N–H and O–H groups in total. The first-order valence-corrected chi connectivity index (χ1v) is 5.28. The van der Waals surface area contributed by atoms with Crippen LogP contribution in [0.3, 0.4) is 0 Å². The van der Waals surface area contributed by atoms with E-state index in [0.717, 1.165) is 4.90 Å². The van der Waals surface area contributed by atoms with Gasteiger partial charge in [-0.2, -0.15) is 13.2 Å². The van der Waals surface area contributed by atoms with E-state index in [1.807, 2.05) is 0 Å². The number of rotatable bonds is 1. The van der Waals surface area contributed by atoms with Gasteiger partial charge in [0.1, 0.15) is 0 Å². The van der Waals surface area contributed by atoms with Crippen molar-refractivity contribution < 1.29 is 27.5 Å². The van der Waals surface area contributed by atoms with Crippen LogP contribution in [-0.2, 0) is 14.3 Å². The molecule has 0 aromatic heterocycles. The molecule has 0 bridgehead atoms. The second-order valence-electron chi connectivity index (χ2n) is 4.50. The standard InChI is InChI=1S/C10H12F3NO3/c1-17-8(15)6-2-5-3-14(4-7(5)6)9(16)10(11,12)13/h5-7H,2-4H2,1H3/t5-,6+,7+/m0/s1. The number of amides is 1. The van der Waals surface area contributed by atoms with Crippen molar-refractivity contribution in [2.75, 3.05) is 20.2 Å². The van der Waals surface area contributed by atoms with Gasteiger partial charge in [-0.1, -0.05) is 0 Å². The average Bonchev–Trinajstić information content (AvgIpc) is 2.54. The third-order valence-electron chi connectivity index (χ3n) is 3.60. The molecular weight excluding hydrogens is 239 g/mol. The zero-order valence-corrected chi connectivity index (χ0v) is 9.16. The van der Waals surface area contributed by atoms with Gasteiger partial charge in [0.15, 0.2) is 0 Å². The molecule has 4 nitrogen and oxygen atoms in total. The Morgan fingerprint density at radius 1 is 1.29 bits per heavy atom. The lowest BCUT2D eigenvalue weighted by Crippen LogP contribution is -2.41. The van der Waals surface area contributed by atoms with Gasteiger partial charge in [0.25, 0.3) is 0 Å². The Morgan fingerprint density at radius 2 is 1.94 bits per heavy atom. The minimum Gasteiger partial charge on any atom is -0.469 e. The minimum absolute atomic E-state index is 0.00275. The van der Waals surface area contributed by atoms with Crippen molar-refractivity contribution >= 4 is 11.9 Å². The van der Waals surface area contributed by atoms with Crippen molar-refractivity contribution in [1.82, 2.24) is 4.90 Å². The van der Waals surface area contributed by atoms with Crippen LogP contribution in [0.15, 0.2) is 0 Å². The van der Waals surface area contributed by atoms with Crippen molar-refractivity contribution in [1.29, 1.82) is 0 Å². The number of carbonyl (C=O) groups is 2.